The smallest absolute Gasteiger partial charge is 0.335 e. The lowest BCUT2D eigenvalue weighted by molar-refractivity contribution is 0.0695. The first kappa shape index (κ1) is 15.4. The van der Waals surface area contributed by atoms with Crippen molar-refractivity contribution in [1.29, 1.82) is 0 Å². The van der Waals surface area contributed by atoms with E-state index in [0.29, 0.717) is 24.4 Å². The van der Waals surface area contributed by atoms with Gasteiger partial charge in [-0.3, -0.25) is 0 Å². The summed E-state index contributed by atoms with van der Waals surface area (Å²) in [5, 5.41) is 9.15. The Morgan fingerprint density at radius 1 is 1.19 bits per heavy atom. The van der Waals surface area contributed by atoms with E-state index in [-0.39, 0.29) is 6.03 Å². The van der Waals surface area contributed by atoms with Crippen LogP contribution < -0.4 is 0 Å². The van der Waals surface area contributed by atoms with Crippen LogP contribution in [0.5, 0.6) is 0 Å². The zero-order chi connectivity index (χ0) is 15.4. The molecule has 2 rings (SSSR count). The van der Waals surface area contributed by atoms with Gasteiger partial charge in [0.1, 0.15) is 0 Å². The van der Waals surface area contributed by atoms with Crippen LogP contribution in [0.25, 0.3) is 0 Å². The second-order valence-electron chi connectivity index (χ2n) is 5.74. The van der Waals surface area contributed by atoms with Gasteiger partial charge in [-0.2, -0.15) is 0 Å². The van der Waals surface area contributed by atoms with Crippen LogP contribution in [0.3, 0.4) is 0 Å². The third kappa shape index (κ3) is 4.21. The van der Waals surface area contributed by atoms with Crippen molar-refractivity contribution in [3.63, 3.8) is 0 Å². The average Bonchev–Trinajstić information content (AvgIpc) is 3.27. The maximum absolute atomic E-state index is 12.2. The number of hydrogen-bond donors (Lipinski definition) is 1. The van der Waals surface area contributed by atoms with Gasteiger partial charge in [0.2, 0.25) is 0 Å². The van der Waals surface area contributed by atoms with E-state index in [1.54, 1.807) is 35.0 Å². The summed E-state index contributed by atoms with van der Waals surface area (Å²) in [5.74, 6) is -0.259. The lowest BCUT2D eigenvalue weighted by Gasteiger charge is -2.25. The number of carbonyl (C=O) groups excluding carboxylic acids is 1. The van der Waals surface area contributed by atoms with Crippen molar-refractivity contribution in [2.45, 2.75) is 19.3 Å². The van der Waals surface area contributed by atoms with Crippen molar-refractivity contribution in [2.24, 2.45) is 5.92 Å². The predicted molar refractivity (Wildman–Crippen MR) is 80.5 cm³/mol. The van der Waals surface area contributed by atoms with Crippen LogP contribution in [-0.2, 0) is 6.42 Å². The first-order chi connectivity index (χ1) is 9.99. The summed E-state index contributed by atoms with van der Waals surface area (Å²) in [4.78, 5) is 26.7. The molecule has 1 aliphatic carbocycles. The lowest BCUT2D eigenvalue weighted by Crippen LogP contribution is -2.40. The van der Waals surface area contributed by atoms with E-state index >= 15 is 0 Å². The van der Waals surface area contributed by atoms with E-state index in [4.69, 9.17) is 5.11 Å². The summed E-state index contributed by atoms with van der Waals surface area (Å²) in [6.45, 7) is 1.33. The molecule has 5 heteroatoms. The van der Waals surface area contributed by atoms with Crippen molar-refractivity contribution < 1.29 is 14.7 Å². The summed E-state index contributed by atoms with van der Waals surface area (Å²) in [7, 11) is 3.58. The van der Waals surface area contributed by atoms with Crippen LogP contribution in [0.15, 0.2) is 24.3 Å². The minimum atomic E-state index is -0.926. The fourth-order valence-electron chi connectivity index (χ4n) is 2.39. The fraction of sp³-hybridized carbons (Fsp3) is 0.500. The van der Waals surface area contributed by atoms with E-state index in [1.165, 1.54) is 12.8 Å². The molecule has 0 heterocycles. The number of rotatable bonds is 6. The summed E-state index contributed by atoms with van der Waals surface area (Å²) in [6.07, 6.45) is 2.97. The first-order valence-corrected chi connectivity index (χ1v) is 7.26. The number of amides is 2. The molecule has 2 amide bonds. The van der Waals surface area contributed by atoms with Gasteiger partial charge < -0.3 is 14.9 Å². The van der Waals surface area contributed by atoms with E-state index in [2.05, 4.69) is 0 Å². The average molecular weight is 290 g/mol. The van der Waals surface area contributed by atoms with E-state index in [9.17, 15) is 9.59 Å². The van der Waals surface area contributed by atoms with Gasteiger partial charge in [-0.15, -0.1) is 0 Å². The van der Waals surface area contributed by atoms with Crippen molar-refractivity contribution in [1.82, 2.24) is 9.80 Å². The molecule has 0 radical (unpaired) electrons. The zero-order valence-corrected chi connectivity index (χ0v) is 12.6. The minimum Gasteiger partial charge on any atom is -0.478 e. The number of benzene rings is 1. The van der Waals surface area contributed by atoms with Crippen molar-refractivity contribution in [2.75, 3.05) is 27.2 Å². The van der Waals surface area contributed by atoms with Crippen LogP contribution in [0.2, 0.25) is 0 Å². The van der Waals surface area contributed by atoms with Gasteiger partial charge >= 0.3 is 12.0 Å². The maximum Gasteiger partial charge on any atom is 0.335 e. The Bertz CT molecular complexity index is 526. The predicted octanol–water partition coefficient (Wildman–Crippen LogP) is 2.32. The van der Waals surface area contributed by atoms with E-state index < -0.39 is 5.97 Å². The number of carboxylic acids is 1. The third-order valence-electron chi connectivity index (χ3n) is 3.85. The number of aromatic carboxylic acids is 1. The molecule has 0 aromatic heterocycles. The van der Waals surface area contributed by atoms with Crippen LogP contribution in [-0.4, -0.2) is 54.1 Å². The summed E-state index contributed by atoms with van der Waals surface area (Å²) in [6, 6.07) is 6.93. The van der Waals surface area contributed by atoms with Crippen molar-refractivity contribution >= 4 is 12.0 Å². The van der Waals surface area contributed by atoms with Gasteiger partial charge in [0.05, 0.1) is 5.56 Å². The van der Waals surface area contributed by atoms with Crippen LogP contribution in [0, 0.1) is 5.92 Å². The molecule has 0 spiro atoms. The molecule has 1 aromatic carbocycles. The van der Waals surface area contributed by atoms with Gasteiger partial charge in [-0.25, -0.2) is 9.59 Å². The quantitative estimate of drug-likeness (QED) is 0.874. The Labute approximate surface area is 125 Å². The highest BCUT2D eigenvalue weighted by atomic mass is 16.4. The van der Waals surface area contributed by atoms with Crippen LogP contribution in [0.4, 0.5) is 4.79 Å². The Morgan fingerprint density at radius 2 is 1.86 bits per heavy atom. The largest absolute Gasteiger partial charge is 0.478 e. The lowest BCUT2D eigenvalue weighted by atomic mass is 10.0. The molecule has 1 fully saturated rings. The molecule has 0 unspecified atom stereocenters. The van der Waals surface area contributed by atoms with Crippen LogP contribution >= 0.6 is 0 Å². The third-order valence-corrected chi connectivity index (χ3v) is 3.85. The van der Waals surface area contributed by atoms with Gasteiger partial charge in [0.25, 0.3) is 0 Å². The highest BCUT2D eigenvalue weighted by Gasteiger charge is 2.26. The van der Waals surface area contributed by atoms with Crippen molar-refractivity contribution in [3.8, 4) is 0 Å². The van der Waals surface area contributed by atoms with Gasteiger partial charge in [-0.1, -0.05) is 18.2 Å². The highest BCUT2D eigenvalue weighted by molar-refractivity contribution is 5.89. The summed E-state index contributed by atoms with van der Waals surface area (Å²) in [5.41, 5.74) is 1.07. The molecule has 5 nitrogen and oxygen atoms in total. The molecular weight excluding hydrogens is 268 g/mol. The van der Waals surface area contributed by atoms with Gasteiger partial charge in [-0.05, 0) is 36.8 Å². The SMILES string of the molecule is CN(CCc1ccccc1C(=O)O)C(=O)N(C)CC1CC1. The van der Waals surface area contributed by atoms with Crippen molar-refractivity contribution in [3.05, 3.63) is 35.4 Å². The summed E-state index contributed by atoms with van der Waals surface area (Å²) >= 11 is 0. The van der Waals surface area contributed by atoms with Gasteiger partial charge in [0, 0.05) is 27.2 Å². The number of carboxylic acid groups (broad SMARTS) is 1. The molecule has 0 saturated heterocycles. The molecule has 21 heavy (non-hydrogen) atoms. The Morgan fingerprint density at radius 3 is 2.48 bits per heavy atom. The topological polar surface area (TPSA) is 60.9 Å². The monoisotopic (exact) mass is 290 g/mol. The Kier molecular flexibility index (Phi) is 4.83. The minimum absolute atomic E-state index is 0.00490. The fourth-order valence-corrected chi connectivity index (χ4v) is 2.39. The summed E-state index contributed by atoms with van der Waals surface area (Å²) < 4.78 is 0. The maximum atomic E-state index is 12.2. The second kappa shape index (κ2) is 6.61. The molecular formula is C16H22N2O3. The van der Waals surface area contributed by atoms with Gasteiger partial charge in [0.15, 0.2) is 0 Å². The number of urea groups is 1. The molecule has 1 saturated carbocycles. The normalized spacial score (nSPS) is 13.8. The highest BCUT2D eigenvalue weighted by Crippen LogP contribution is 2.29. The number of hydrogen-bond acceptors (Lipinski definition) is 2. The molecule has 0 atom stereocenters. The standard InChI is InChI=1S/C16H22N2O3/c1-17(16(21)18(2)11-12-7-8-12)10-9-13-5-3-4-6-14(13)15(19)20/h3-6,12H,7-11H2,1-2H3,(H,19,20). The van der Waals surface area contributed by atoms with Crippen LogP contribution in [0.1, 0.15) is 28.8 Å². The molecule has 1 N–H and O–H groups in total. The number of likely N-dealkylation sites (N-methyl/N-ethyl adjacent to an activating group) is 1. The molecule has 114 valence electrons. The Balaban J connectivity index is 1.89. The Hall–Kier alpha value is -2.04. The van der Waals surface area contributed by atoms with E-state index in [1.807, 2.05) is 13.1 Å². The molecule has 0 bridgehead atoms. The number of carbonyl (C=O) groups is 2. The zero-order valence-electron chi connectivity index (χ0n) is 12.6. The second-order valence-corrected chi connectivity index (χ2v) is 5.74. The molecule has 1 aromatic rings. The first-order valence-electron chi connectivity index (χ1n) is 7.26. The molecule has 0 aliphatic heterocycles. The van der Waals surface area contributed by atoms with E-state index in [0.717, 1.165) is 12.1 Å². The molecule has 1 aliphatic rings. The number of nitrogens with zero attached hydrogens (tertiary/aromatic N) is 2.